The number of benzene rings is 2. The smallest absolute Gasteiger partial charge is 0.389 e. The van der Waals surface area contributed by atoms with Gasteiger partial charge in [0.05, 0.1) is 38.0 Å². The second-order valence-corrected chi connectivity index (χ2v) is 15.5. The number of Topliss-reactive ketones (excluding diaryl/α,β-unsaturated/α-hetero) is 1. The van der Waals surface area contributed by atoms with Crippen molar-refractivity contribution in [2.24, 2.45) is 17.8 Å². The minimum atomic E-state index is -4.46. The number of carbonyl (C=O) groups is 4. The molecule has 4 aromatic rings. The van der Waals surface area contributed by atoms with Crippen molar-refractivity contribution in [3.63, 3.8) is 0 Å². The van der Waals surface area contributed by atoms with Gasteiger partial charge < -0.3 is 24.8 Å². The van der Waals surface area contributed by atoms with Gasteiger partial charge in [0.25, 0.3) is 0 Å². The van der Waals surface area contributed by atoms with E-state index in [1.54, 1.807) is 32.9 Å². The Morgan fingerprint density at radius 1 is 0.700 bits per heavy atom. The molecule has 5 unspecified atom stereocenters. The lowest BCUT2D eigenvalue weighted by atomic mass is 9.79. The van der Waals surface area contributed by atoms with Crippen LogP contribution in [-0.4, -0.2) is 76.2 Å². The van der Waals surface area contributed by atoms with E-state index in [4.69, 9.17) is 9.47 Å². The quantitative estimate of drug-likeness (QED) is 0.0587. The van der Waals surface area contributed by atoms with Crippen LogP contribution in [-0.2, 0) is 28.7 Å². The second kappa shape index (κ2) is 20.7. The summed E-state index contributed by atoms with van der Waals surface area (Å²) in [5.74, 6) is -4.85. The number of hydrogen-bond acceptors (Lipinski definition) is 8. The van der Waals surface area contributed by atoms with E-state index in [0.717, 1.165) is 11.1 Å². The van der Waals surface area contributed by atoms with Gasteiger partial charge in [0.1, 0.15) is 23.5 Å². The van der Waals surface area contributed by atoms with Gasteiger partial charge in [-0.25, -0.2) is 14.8 Å². The predicted molar refractivity (Wildman–Crippen MR) is 211 cm³/mol. The normalized spacial score (nSPS) is 14.6. The first-order valence-electron chi connectivity index (χ1n) is 19.6. The summed E-state index contributed by atoms with van der Waals surface area (Å²) in [6, 6.07) is 13.7. The van der Waals surface area contributed by atoms with E-state index in [-0.39, 0.29) is 55.0 Å². The van der Waals surface area contributed by atoms with Gasteiger partial charge in [0.15, 0.2) is 0 Å². The zero-order valence-electron chi connectivity index (χ0n) is 34.3. The Morgan fingerprint density at radius 3 is 1.65 bits per heavy atom. The Balaban J connectivity index is 1.50. The Hall–Kier alpha value is -5.48. The number of alkyl halides is 6. The van der Waals surface area contributed by atoms with Gasteiger partial charge in [-0.1, -0.05) is 69.3 Å². The summed E-state index contributed by atoms with van der Waals surface area (Å²) in [7, 11) is 2.43. The van der Waals surface area contributed by atoms with Crippen molar-refractivity contribution in [3.8, 4) is 33.6 Å². The first-order chi connectivity index (χ1) is 28.2. The molecular formula is C43H51F6N5O6. The second-order valence-electron chi connectivity index (χ2n) is 15.5. The molecule has 60 heavy (non-hydrogen) atoms. The van der Waals surface area contributed by atoms with Crippen molar-refractivity contribution in [3.05, 3.63) is 72.6 Å². The molecular weight excluding hydrogens is 796 g/mol. The fourth-order valence-corrected chi connectivity index (χ4v) is 7.15. The molecule has 2 aromatic carbocycles. The molecule has 0 aliphatic carbocycles. The molecule has 0 spiro atoms. The number of ketones is 1. The van der Waals surface area contributed by atoms with Gasteiger partial charge in [-0.15, -0.1) is 0 Å². The van der Waals surface area contributed by atoms with E-state index >= 15 is 0 Å². The number of aromatic nitrogens is 4. The topological polar surface area (TPSA) is 156 Å². The summed E-state index contributed by atoms with van der Waals surface area (Å²) < 4.78 is 89.5. The van der Waals surface area contributed by atoms with E-state index in [9.17, 15) is 45.5 Å². The third-order valence-electron chi connectivity index (χ3n) is 10.4. The van der Waals surface area contributed by atoms with Crippen LogP contribution in [0.15, 0.2) is 60.9 Å². The zero-order chi connectivity index (χ0) is 44.4. The first kappa shape index (κ1) is 47.2. The standard InChI is InChI=1S/C43H51F6N5O6/c1-24(2)38(41(58)60-6)54-36(56)21-31(15-17-42(44,45)46)39-50-22-34(52-39)29-11-7-27(8-12-29)28-9-13-30(14-10-28)35-23-51-40(53-35)32(16-18-43(47,48)49)33(26(4)55)19-25(3)20-37(57)59-5/h7-14,22-25,31-33,38H,15-21H2,1-6H3,(H,50,52)(H,51,53)(H,54,56). The Labute approximate surface area is 344 Å². The van der Waals surface area contributed by atoms with Crippen LogP contribution in [0.2, 0.25) is 0 Å². The molecule has 1 amide bonds. The maximum Gasteiger partial charge on any atom is 0.389 e. The molecule has 0 aliphatic heterocycles. The van der Waals surface area contributed by atoms with E-state index in [2.05, 4.69) is 25.3 Å². The number of methoxy groups -OCH3 is 2. The zero-order valence-corrected chi connectivity index (χ0v) is 34.3. The molecule has 0 radical (unpaired) electrons. The molecule has 17 heteroatoms. The molecule has 0 bridgehead atoms. The number of rotatable bonds is 20. The highest BCUT2D eigenvalue weighted by Gasteiger charge is 2.36. The van der Waals surface area contributed by atoms with Crippen molar-refractivity contribution in [2.75, 3.05) is 14.2 Å². The number of imidazole rings is 2. The van der Waals surface area contributed by atoms with Crippen molar-refractivity contribution in [1.82, 2.24) is 25.3 Å². The number of amides is 1. The molecule has 0 fully saturated rings. The van der Waals surface area contributed by atoms with Crippen molar-refractivity contribution in [1.29, 1.82) is 0 Å². The number of esters is 2. The molecule has 2 aromatic heterocycles. The Bertz CT molecular complexity index is 2040. The number of nitrogens with zero attached hydrogens (tertiary/aromatic N) is 2. The SMILES string of the molecule is COC(=O)CC(C)CC(C(C)=O)C(CCC(F)(F)F)c1ncc(-c2ccc(-c3ccc(-c4cnc(C(CCC(F)(F)F)CC(=O)NC(C(=O)OC)C(C)C)[nH]4)cc3)cc2)[nH]1. The monoisotopic (exact) mass is 847 g/mol. The minimum Gasteiger partial charge on any atom is -0.469 e. The van der Waals surface area contributed by atoms with Gasteiger partial charge in [-0.3, -0.25) is 14.4 Å². The lowest BCUT2D eigenvalue weighted by molar-refractivity contribution is -0.146. The fraction of sp³-hybridized carbons (Fsp3) is 0.488. The van der Waals surface area contributed by atoms with Crippen molar-refractivity contribution < 1.29 is 55.0 Å². The molecule has 0 saturated heterocycles. The van der Waals surface area contributed by atoms with E-state index in [0.29, 0.717) is 22.5 Å². The van der Waals surface area contributed by atoms with Gasteiger partial charge in [0.2, 0.25) is 5.91 Å². The average Bonchev–Trinajstić information content (AvgIpc) is 3.88. The van der Waals surface area contributed by atoms with Crippen LogP contribution in [0.1, 0.15) is 96.1 Å². The minimum absolute atomic E-state index is 0.0197. The van der Waals surface area contributed by atoms with Gasteiger partial charge in [-0.2, -0.15) is 26.3 Å². The van der Waals surface area contributed by atoms with Gasteiger partial charge in [0, 0.05) is 43.4 Å². The van der Waals surface area contributed by atoms with Crippen molar-refractivity contribution >= 4 is 23.6 Å². The fourth-order valence-electron chi connectivity index (χ4n) is 7.15. The van der Waals surface area contributed by atoms with Crippen LogP contribution in [0.4, 0.5) is 26.3 Å². The predicted octanol–water partition coefficient (Wildman–Crippen LogP) is 9.48. The lowest BCUT2D eigenvalue weighted by Gasteiger charge is -2.26. The summed E-state index contributed by atoms with van der Waals surface area (Å²) >= 11 is 0. The van der Waals surface area contributed by atoms with Crippen LogP contribution >= 0.6 is 0 Å². The number of nitrogens with one attached hydrogen (secondary N) is 3. The molecule has 2 heterocycles. The number of halogens is 6. The van der Waals surface area contributed by atoms with Crippen LogP contribution in [0, 0.1) is 17.8 Å². The summed E-state index contributed by atoms with van der Waals surface area (Å²) in [5, 5.41) is 2.57. The maximum atomic E-state index is 13.4. The van der Waals surface area contributed by atoms with E-state index in [1.807, 2.05) is 36.4 Å². The summed E-state index contributed by atoms with van der Waals surface area (Å²) in [6.45, 7) is 6.49. The molecule has 3 N–H and O–H groups in total. The number of ether oxygens (including phenoxy) is 2. The molecule has 11 nitrogen and oxygen atoms in total. The molecule has 5 atom stereocenters. The number of hydrogen-bond donors (Lipinski definition) is 3. The highest BCUT2D eigenvalue weighted by Crippen LogP contribution is 2.38. The van der Waals surface area contributed by atoms with Gasteiger partial charge >= 0.3 is 24.3 Å². The first-order valence-corrected chi connectivity index (χ1v) is 19.6. The number of carbonyl (C=O) groups excluding carboxylic acids is 4. The number of aromatic amines is 2. The summed E-state index contributed by atoms with van der Waals surface area (Å²) in [6.07, 6.45) is -9.07. The van der Waals surface area contributed by atoms with Crippen molar-refractivity contribution in [2.45, 2.75) is 103 Å². The third-order valence-corrected chi connectivity index (χ3v) is 10.4. The van der Waals surface area contributed by atoms with Crippen LogP contribution in [0.25, 0.3) is 33.6 Å². The lowest BCUT2D eigenvalue weighted by Crippen LogP contribution is -2.45. The van der Waals surface area contributed by atoms with Crippen LogP contribution in [0.5, 0.6) is 0 Å². The van der Waals surface area contributed by atoms with Crippen LogP contribution < -0.4 is 5.32 Å². The summed E-state index contributed by atoms with van der Waals surface area (Å²) in [4.78, 5) is 64.7. The third kappa shape index (κ3) is 13.8. The van der Waals surface area contributed by atoms with Gasteiger partial charge in [-0.05, 0) is 60.3 Å². The van der Waals surface area contributed by atoms with E-state index < -0.39 is 73.3 Å². The maximum absolute atomic E-state index is 13.4. The average molecular weight is 848 g/mol. The number of H-pyrrole nitrogens is 2. The molecule has 0 aliphatic rings. The molecule has 326 valence electrons. The van der Waals surface area contributed by atoms with E-state index in [1.165, 1.54) is 33.5 Å². The highest BCUT2D eigenvalue weighted by atomic mass is 19.4. The largest absolute Gasteiger partial charge is 0.469 e. The highest BCUT2D eigenvalue weighted by molar-refractivity contribution is 5.85. The molecule has 4 rings (SSSR count). The Kier molecular flexibility index (Phi) is 16.3. The molecule has 0 saturated carbocycles. The Morgan fingerprint density at radius 2 is 1.18 bits per heavy atom. The van der Waals surface area contributed by atoms with Crippen LogP contribution in [0.3, 0.4) is 0 Å². The summed E-state index contributed by atoms with van der Waals surface area (Å²) in [5.41, 5.74) is 4.11.